The second-order valence-electron chi connectivity index (χ2n) is 6.63. The van der Waals surface area contributed by atoms with Crippen LogP contribution in [0.5, 0.6) is 0 Å². The summed E-state index contributed by atoms with van der Waals surface area (Å²) in [5, 5.41) is 11.4. The molecule has 6 nitrogen and oxygen atoms in total. The van der Waals surface area contributed by atoms with Crippen molar-refractivity contribution >= 4 is 12.0 Å². The Bertz CT molecular complexity index is 1080. The van der Waals surface area contributed by atoms with Gasteiger partial charge in [0, 0.05) is 36.8 Å². The standard InChI is InChI=1S/C23H21N5O/c29-23(12-11-21-16-26-28(18-21)22-5-2-1-3-6-22)24-15-19-7-9-20(10-8-19)17-27-14-4-13-25-27/h1-14,16,18H,15,17H2,(H,24,29)/b12-11+. The summed E-state index contributed by atoms with van der Waals surface area (Å²) in [7, 11) is 0. The SMILES string of the molecule is O=C(/C=C/c1cnn(-c2ccccc2)c1)NCc1ccc(Cn2cccn2)cc1. The highest BCUT2D eigenvalue weighted by molar-refractivity contribution is 5.91. The smallest absolute Gasteiger partial charge is 0.244 e. The number of rotatable bonds is 7. The maximum Gasteiger partial charge on any atom is 0.244 e. The average Bonchev–Trinajstić information content (AvgIpc) is 3.45. The average molecular weight is 383 g/mol. The zero-order valence-electron chi connectivity index (χ0n) is 15.8. The van der Waals surface area contributed by atoms with E-state index in [9.17, 15) is 4.79 Å². The topological polar surface area (TPSA) is 64.7 Å². The highest BCUT2D eigenvalue weighted by atomic mass is 16.1. The van der Waals surface area contributed by atoms with Crippen LogP contribution in [-0.2, 0) is 17.9 Å². The zero-order valence-corrected chi connectivity index (χ0v) is 15.8. The van der Waals surface area contributed by atoms with Crippen molar-refractivity contribution in [2.24, 2.45) is 0 Å². The van der Waals surface area contributed by atoms with E-state index in [1.807, 2.05) is 65.6 Å². The maximum absolute atomic E-state index is 12.1. The number of para-hydroxylation sites is 1. The summed E-state index contributed by atoms with van der Waals surface area (Å²) in [4.78, 5) is 12.1. The van der Waals surface area contributed by atoms with Gasteiger partial charge in [0.2, 0.25) is 5.91 Å². The molecule has 0 saturated heterocycles. The summed E-state index contributed by atoms with van der Waals surface area (Å²) >= 11 is 0. The molecule has 0 saturated carbocycles. The van der Waals surface area contributed by atoms with E-state index in [4.69, 9.17) is 0 Å². The molecule has 0 aliphatic heterocycles. The first-order valence-electron chi connectivity index (χ1n) is 9.37. The first-order chi connectivity index (χ1) is 14.3. The predicted molar refractivity (Wildman–Crippen MR) is 112 cm³/mol. The number of carbonyl (C=O) groups excluding carboxylic acids is 1. The monoisotopic (exact) mass is 383 g/mol. The minimum absolute atomic E-state index is 0.141. The fourth-order valence-corrected chi connectivity index (χ4v) is 2.91. The predicted octanol–water partition coefficient (Wildman–Crippen LogP) is 3.45. The molecular formula is C23H21N5O. The number of hydrogen-bond acceptors (Lipinski definition) is 3. The molecule has 6 heteroatoms. The highest BCUT2D eigenvalue weighted by Crippen LogP contribution is 2.09. The molecule has 0 fully saturated rings. The van der Waals surface area contributed by atoms with Crippen LogP contribution in [0.3, 0.4) is 0 Å². The molecule has 1 N–H and O–H groups in total. The van der Waals surface area contributed by atoms with Crippen molar-refractivity contribution in [1.82, 2.24) is 24.9 Å². The Kier molecular flexibility index (Phi) is 5.62. The van der Waals surface area contributed by atoms with Gasteiger partial charge in [-0.25, -0.2) is 4.68 Å². The number of aromatic nitrogens is 4. The van der Waals surface area contributed by atoms with Crippen LogP contribution in [0.4, 0.5) is 0 Å². The highest BCUT2D eigenvalue weighted by Gasteiger charge is 2.01. The van der Waals surface area contributed by atoms with Crippen LogP contribution >= 0.6 is 0 Å². The second-order valence-corrected chi connectivity index (χ2v) is 6.63. The molecule has 29 heavy (non-hydrogen) atoms. The van der Waals surface area contributed by atoms with Crippen LogP contribution in [-0.4, -0.2) is 25.5 Å². The molecule has 4 rings (SSSR count). The molecule has 0 unspecified atom stereocenters. The van der Waals surface area contributed by atoms with Gasteiger partial charge < -0.3 is 5.32 Å². The Morgan fingerprint density at radius 1 is 0.966 bits per heavy atom. The van der Waals surface area contributed by atoms with Gasteiger partial charge in [-0.1, -0.05) is 42.5 Å². The van der Waals surface area contributed by atoms with Crippen LogP contribution in [0.2, 0.25) is 0 Å². The van der Waals surface area contributed by atoms with Crippen molar-refractivity contribution in [3.8, 4) is 5.69 Å². The Morgan fingerprint density at radius 3 is 2.52 bits per heavy atom. The Labute approximate surface area is 169 Å². The first-order valence-corrected chi connectivity index (χ1v) is 9.37. The lowest BCUT2D eigenvalue weighted by Gasteiger charge is -2.05. The molecule has 2 aromatic carbocycles. The van der Waals surface area contributed by atoms with Crippen molar-refractivity contribution in [1.29, 1.82) is 0 Å². The molecule has 4 aromatic rings. The van der Waals surface area contributed by atoms with E-state index in [1.54, 1.807) is 23.2 Å². The van der Waals surface area contributed by atoms with Crippen LogP contribution in [0.25, 0.3) is 11.8 Å². The van der Waals surface area contributed by atoms with Crippen molar-refractivity contribution < 1.29 is 4.79 Å². The second kappa shape index (κ2) is 8.84. The lowest BCUT2D eigenvalue weighted by Crippen LogP contribution is -2.20. The fourth-order valence-electron chi connectivity index (χ4n) is 2.91. The van der Waals surface area contributed by atoms with Crippen molar-refractivity contribution in [2.75, 3.05) is 0 Å². The number of nitrogens with one attached hydrogen (secondary N) is 1. The van der Waals surface area contributed by atoms with Gasteiger partial charge in [-0.2, -0.15) is 10.2 Å². The van der Waals surface area contributed by atoms with Crippen molar-refractivity contribution in [2.45, 2.75) is 13.1 Å². The van der Waals surface area contributed by atoms with E-state index in [1.165, 1.54) is 11.6 Å². The van der Waals surface area contributed by atoms with Gasteiger partial charge in [0.25, 0.3) is 0 Å². The third kappa shape index (κ3) is 5.07. The van der Waals surface area contributed by atoms with E-state index < -0.39 is 0 Å². The lowest BCUT2D eigenvalue weighted by atomic mass is 10.1. The zero-order chi connectivity index (χ0) is 19.9. The van der Waals surface area contributed by atoms with Gasteiger partial charge in [-0.15, -0.1) is 0 Å². The van der Waals surface area contributed by atoms with Crippen LogP contribution in [0.1, 0.15) is 16.7 Å². The van der Waals surface area contributed by atoms with Gasteiger partial charge in [-0.3, -0.25) is 9.48 Å². The van der Waals surface area contributed by atoms with Crippen LogP contribution in [0, 0.1) is 0 Å². The first kappa shape index (κ1) is 18.4. The molecule has 2 heterocycles. The Hall–Kier alpha value is -3.93. The summed E-state index contributed by atoms with van der Waals surface area (Å²) < 4.78 is 3.66. The molecule has 144 valence electrons. The number of amides is 1. The van der Waals surface area contributed by atoms with Crippen LogP contribution < -0.4 is 5.32 Å². The molecule has 0 spiro atoms. The Balaban J connectivity index is 1.28. The molecular weight excluding hydrogens is 362 g/mol. The van der Waals surface area contributed by atoms with Gasteiger partial charge in [-0.05, 0) is 35.4 Å². The van der Waals surface area contributed by atoms with E-state index >= 15 is 0 Å². The van der Waals surface area contributed by atoms with E-state index in [2.05, 4.69) is 27.6 Å². The van der Waals surface area contributed by atoms with E-state index in [0.717, 1.165) is 23.4 Å². The third-order valence-corrected chi connectivity index (χ3v) is 4.44. The van der Waals surface area contributed by atoms with Gasteiger partial charge in [0.1, 0.15) is 0 Å². The summed E-state index contributed by atoms with van der Waals surface area (Å²) in [6.45, 7) is 1.22. The quantitative estimate of drug-likeness (QED) is 0.497. The largest absolute Gasteiger partial charge is 0.348 e. The summed E-state index contributed by atoms with van der Waals surface area (Å²) in [6, 6.07) is 19.9. The van der Waals surface area contributed by atoms with Gasteiger partial charge in [0.05, 0.1) is 18.4 Å². The van der Waals surface area contributed by atoms with Crippen LogP contribution in [0.15, 0.2) is 91.5 Å². The molecule has 0 aliphatic rings. The number of nitrogens with zero attached hydrogens (tertiary/aromatic N) is 4. The fraction of sp³-hybridized carbons (Fsp3) is 0.0870. The van der Waals surface area contributed by atoms with Gasteiger partial charge in [0.15, 0.2) is 0 Å². The Morgan fingerprint density at radius 2 is 1.76 bits per heavy atom. The van der Waals surface area contributed by atoms with Crippen molar-refractivity contribution in [3.05, 3.63) is 108 Å². The van der Waals surface area contributed by atoms with Crippen molar-refractivity contribution in [3.63, 3.8) is 0 Å². The molecule has 0 bridgehead atoms. The molecule has 2 aromatic heterocycles. The number of carbonyl (C=O) groups is 1. The minimum Gasteiger partial charge on any atom is -0.348 e. The molecule has 0 atom stereocenters. The third-order valence-electron chi connectivity index (χ3n) is 4.44. The lowest BCUT2D eigenvalue weighted by molar-refractivity contribution is -0.116. The normalized spacial score (nSPS) is 11.0. The summed E-state index contributed by atoms with van der Waals surface area (Å²) in [5.41, 5.74) is 4.06. The minimum atomic E-state index is -0.141. The molecule has 1 amide bonds. The molecule has 0 aliphatic carbocycles. The molecule has 0 radical (unpaired) electrons. The number of hydrogen-bond donors (Lipinski definition) is 1. The summed E-state index contributed by atoms with van der Waals surface area (Å²) in [5.74, 6) is -0.141. The maximum atomic E-state index is 12.1. The van der Waals surface area contributed by atoms with E-state index in [0.29, 0.717) is 6.54 Å². The summed E-state index contributed by atoms with van der Waals surface area (Å²) in [6.07, 6.45) is 10.6. The number of benzene rings is 2. The van der Waals surface area contributed by atoms with Gasteiger partial charge >= 0.3 is 0 Å². The van der Waals surface area contributed by atoms with E-state index in [-0.39, 0.29) is 5.91 Å².